The third-order valence-electron chi connectivity index (χ3n) is 2.84. The Bertz CT molecular complexity index is 635. The highest BCUT2D eigenvalue weighted by Crippen LogP contribution is 2.21. The lowest BCUT2D eigenvalue weighted by molar-refractivity contribution is 0.305. The number of benzene rings is 2. The van der Waals surface area contributed by atoms with Crippen LogP contribution in [-0.4, -0.2) is 7.11 Å². The van der Waals surface area contributed by atoms with E-state index in [4.69, 9.17) is 26.3 Å². The van der Waals surface area contributed by atoms with Crippen molar-refractivity contribution in [1.82, 2.24) is 0 Å². The zero-order valence-corrected chi connectivity index (χ0v) is 11.9. The van der Waals surface area contributed by atoms with Gasteiger partial charge in [0, 0.05) is 5.88 Å². The highest BCUT2D eigenvalue weighted by molar-refractivity contribution is 6.17. The second kappa shape index (κ2) is 6.83. The van der Waals surface area contributed by atoms with E-state index in [1.165, 1.54) is 0 Å². The number of methoxy groups -OCH3 is 1. The summed E-state index contributed by atoms with van der Waals surface area (Å²) in [5.41, 5.74) is 2.43. The Morgan fingerprint density at radius 2 is 2.00 bits per heavy atom. The summed E-state index contributed by atoms with van der Waals surface area (Å²) in [4.78, 5) is 0. The first-order valence-corrected chi connectivity index (χ1v) is 6.65. The van der Waals surface area contributed by atoms with Crippen LogP contribution in [0.5, 0.6) is 11.5 Å². The molecule has 0 heterocycles. The summed E-state index contributed by atoms with van der Waals surface area (Å²) in [5, 5.41) is 9.04. The SMILES string of the molecule is COc1ccc(COc2cccc(CCl)c2)cc1C#N. The molecule has 0 aliphatic carbocycles. The lowest BCUT2D eigenvalue weighted by Crippen LogP contribution is -1.97. The van der Waals surface area contributed by atoms with Crippen LogP contribution in [0.15, 0.2) is 42.5 Å². The predicted octanol–water partition coefficient (Wildman–Crippen LogP) is 3.88. The van der Waals surface area contributed by atoms with E-state index in [0.717, 1.165) is 16.9 Å². The summed E-state index contributed by atoms with van der Waals surface area (Å²) in [5.74, 6) is 1.79. The molecule has 20 heavy (non-hydrogen) atoms. The van der Waals surface area contributed by atoms with Crippen molar-refractivity contribution in [2.75, 3.05) is 7.11 Å². The molecule has 0 fully saturated rings. The second-order valence-electron chi connectivity index (χ2n) is 4.22. The van der Waals surface area contributed by atoms with Gasteiger partial charge in [-0.25, -0.2) is 0 Å². The van der Waals surface area contributed by atoms with Gasteiger partial charge in [0.2, 0.25) is 0 Å². The van der Waals surface area contributed by atoms with Crippen LogP contribution >= 0.6 is 11.6 Å². The largest absolute Gasteiger partial charge is 0.495 e. The van der Waals surface area contributed by atoms with Crippen LogP contribution in [0.2, 0.25) is 0 Å². The third kappa shape index (κ3) is 3.43. The molecule has 4 heteroatoms. The number of hydrogen-bond donors (Lipinski definition) is 0. The number of nitriles is 1. The zero-order valence-electron chi connectivity index (χ0n) is 11.1. The van der Waals surface area contributed by atoms with Crippen LogP contribution in [-0.2, 0) is 12.5 Å². The summed E-state index contributed by atoms with van der Waals surface area (Å²) in [6.07, 6.45) is 0. The highest BCUT2D eigenvalue weighted by Gasteiger charge is 2.04. The molecule has 0 bridgehead atoms. The van der Waals surface area contributed by atoms with E-state index in [1.807, 2.05) is 30.3 Å². The molecule has 2 rings (SSSR count). The van der Waals surface area contributed by atoms with Crippen molar-refractivity contribution < 1.29 is 9.47 Å². The van der Waals surface area contributed by atoms with Gasteiger partial charge in [0.15, 0.2) is 0 Å². The van der Waals surface area contributed by atoms with Gasteiger partial charge in [0.25, 0.3) is 0 Å². The standard InChI is InChI=1S/C16H14ClNO2/c1-19-16-6-5-13(7-14(16)10-18)11-20-15-4-2-3-12(8-15)9-17/h2-8H,9,11H2,1H3. The molecule has 2 aromatic rings. The van der Waals surface area contributed by atoms with Crippen molar-refractivity contribution in [1.29, 1.82) is 5.26 Å². The summed E-state index contributed by atoms with van der Waals surface area (Å²) in [6.45, 7) is 0.393. The summed E-state index contributed by atoms with van der Waals surface area (Å²) in [7, 11) is 1.55. The van der Waals surface area contributed by atoms with Crippen molar-refractivity contribution >= 4 is 11.6 Å². The average molecular weight is 288 g/mol. The smallest absolute Gasteiger partial charge is 0.136 e. The minimum absolute atomic E-state index is 0.393. The number of nitrogens with zero attached hydrogens (tertiary/aromatic N) is 1. The molecule has 0 amide bonds. The molecule has 0 radical (unpaired) electrons. The molecule has 0 N–H and O–H groups in total. The number of ether oxygens (including phenoxy) is 2. The van der Waals surface area contributed by atoms with Crippen LogP contribution in [0.25, 0.3) is 0 Å². The van der Waals surface area contributed by atoms with Crippen molar-refractivity contribution in [2.45, 2.75) is 12.5 Å². The van der Waals surface area contributed by atoms with E-state index in [0.29, 0.717) is 23.8 Å². The summed E-state index contributed by atoms with van der Waals surface area (Å²) < 4.78 is 10.8. The monoisotopic (exact) mass is 287 g/mol. The molecular formula is C16H14ClNO2. The molecule has 0 aromatic heterocycles. The molecule has 0 aliphatic heterocycles. The minimum atomic E-state index is 0.393. The van der Waals surface area contributed by atoms with Crippen molar-refractivity contribution in [3.63, 3.8) is 0 Å². The highest BCUT2D eigenvalue weighted by atomic mass is 35.5. The van der Waals surface area contributed by atoms with Gasteiger partial charge in [-0.15, -0.1) is 11.6 Å². The molecule has 0 saturated carbocycles. The molecule has 0 atom stereocenters. The summed E-state index contributed by atoms with van der Waals surface area (Å²) >= 11 is 5.78. The fourth-order valence-electron chi connectivity index (χ4n) is 1.82. The Morgan fingerprint density at radius 1 is 1.15 bits per heavy atom. The summed E-state index contributed by atoms with van der Waals surface area (Å²) in [6, 6.07) is 15.2. The first-order valence-electron chi connectivity index (χ1n) is 6.11. The molecule has 102 valence electrons. The van der Waals surface area contributed by atoms with Gasteiger partial charge in [-0.1, -0.05) is 18.2 Å². The van der Waals surface area contributed by atoms with Gasteiger partial charge in [-0.2, -0.15) is 5.26 Å². The van der Waals surface area contributed by atoms with E-state index in [1.54, 1.807) is 19.2 Å². The number of halogens is 1. The first kappa shape index (κ1) is 14.2. The van der Waals surface area contributed by atoms with E-state index in [-0.39, 0.29) is 0 Å². The normalized spacial score (nSPS) is 9.85. The third-order valence-corrected chi connectivity index (χ3v) is 3.15. The topological polar surface area (TPSA) is 42.2 Å². The average Bonchev–Trinajstić information content (AvgIpc) is 2.52. The quantitative estimate of drug-likeness (QED) is 0.784. The van der Waals surface area contributed by atoms with Crippen molar-refractivity contribution in [2.24, 2.45) is 0 Å². The Labute approximate surface area is 123 Å². The van der Waals surface area contributed by atoms with E-state index in [2.05, 4.69) is 6.07 Å². The maximum Gasteiger partial charge on any atom is 0.136 e. The molecule has 0 unspecified atom stereocenters. The number of hydrogen-bond acceptors (Lipinski definition) is 3. The Kier molecular flexibility index (Phi) is 4.86. The second-order valence-corrected chi connectivity index (χ2v) is 4.48. The van der Waals surface area contributed by atoms with Gasteiger partial charge < -0.3 is 9.47 Å². The maximum atomic E-state index is 9.04. The van der Waals surface area contributed by atoms with Crippen LogP contribution in [0.1, 0.15) is 16.7 Å². The van der Waals surface area contributed by atoms with Gasteiger partial charge in [0.1, 0.15) is 24.2 Å². The lowest BCUT2D eigenvalue weighted by Gasteiger charge is -2.09. The number of rotatable bonds is 5. The Morgan fingerprint density at radius 3 is 2.70 bits per heavy atom. The Hall–Kier alpha value is -2.18. The number of alkyl halides is 1. The molecule has 2 aromatic carbocycles. The van der Waals surface area contributed by atoms with Gasteiger partial charge in [-0.05, 0) is 35.4 Å². The molecule has 0 spiro atoms. The predicted molar refractivity (Wildman–Crippen MR) is 78.0 cm³/mol. The van der Waals surface area contributed by atoms with E-state index in [9.17, 15) is 0 Å². The van der Waals surface area contributed by atoms with Gasteiger partial charge in [0.05, 0.1) is 12.7 Å². The fraction of sp³-hybridized carbons (Fsp3) is 0.188. The van der Waals surface area contributed by atoms with Gasteiger partial charge >= 0.3 is 0 Å². The lowest BCUT2D eigenvalue weighted by atomic mass is 10.1. The van der Waals surface area contributed by atoms with Crippen molar-refractivity contribution in [3.8, 4) is 17.6 Å². The minimum Gasteiger partial charge on any atom is -0.495 e. The molecule has 3 nitrogen and oxygen atoms in total. The van der Waals surface area contributed by atoms with Crippen LogP contribution in [0, 0.1) is 11.3 Å². The van der Waals surface area contributed by atoms with E-state index < -0.39 is 0 Å². The van der Waals surface area contributed by atoms with Gasteiger partial charge in [-0.3, -0.25) is 0 Å². The van der Waals surface area contributed by atoms with Crippen LogP contribution in [0.4, 0.5) is 0 Å². The molecular weight excluding hydrogens is 274 g/mol. The van der Waals surface area contributed by atoms with Crippen molar-refractivity contribution in [3.05, 3.63) is 59.2 Å². The maximum absolute atomic E-state index is 9.04. The Balaban J connectivity index is 2.09. The first-order chi connectivity index (χ1) is 9.76. The fourth-order valence-corrected chi connectivity index (χ4v) is 1.98. The van der Waals surface area contributed by atoms with E-state index >= 15 is 0 Å². The molecule has 0 aliphatic rings. The zero-order chi connectivity index (χ0) is 14.4. The molecule has 0 saturated heterocycles. The van der Waals surface area contributed by atoms with Crippen LogP contribution < -0.4 is 9.47 Å². The van der Waals surface area contributed by atoms with Crippen LogP contribution in [0.3, 0.4) is 0 Å².